The van der Waals surface area contributed by atoms with Gasteiger partial charge in [-0.3, -0.25) is 14.5 Å². The summed E-state index contributed by atoms with van der Waals surface area (Å²) in [6.45, 7) is 1.63. The summed E-state index contributed by atoms with van der Waals surface area (Å²) in [6.07, 6.45) is 3.46. The van der Waals surface area contributed by atoms with Crippen LogP contribution in [-0.2, 0) is 4.79 Å². The van der Waals surface area contributed by atoms with E-state index in [1.54, 1.807) is 24.3 Å². The number of hydrogen-bond donors (Lipinski definition) is 3. The van der Waals surface area contributed by atoms with E-state index in [0.717, 1.165) is 32.2 Å². The van der Waals surface area contributed by atoms with Crippen molar-refractivity contribution in [2.75, 3.05) is 25.0 Å². The van der Waals surface area contributed by atoms with E-state index in [2.05, 4.69) is 10.6 Å². The Labute approximate surface area is 135 Å². The highest BCUT2D eigenvalue weighted by Gasteiger charge is 2.24. The van der Waals surface area contributed by atoms with Crippen LogP contribution in [0.1, 0.15) is 36.0 Å². The summed E-state index contributed by atoms with van der Waals surface area (Å²) in [7, 11) is 0. The number of hydrogen-bond acceptors (Lipinski definition) is 4. The molecular formula is C17H23N3O3. The Bertz CT molecular complexity index is 586. The number of benzene rings is 1. The number of likely N-dealkylation sites (tertiary alicyclic amines) is 1. The Morgan fingerprint density at radius 2 is 2.09 bits per heavy atom. The van der Waals surface area contributed by atoms with Gasteiger partial charge < -0.3 is 15.7 Å². The van der Waals surface area contributed by atoms with Crippen LogP contribution in [-0.4, -0.2) is 53.6 Å². The minimum absolute atomic E-state index is 0.0947. The molecule has 124 valence electrons. The number of aliphatic hydroxyl groups excluding tert-OH is 1. The highest BCUT2D eigenvalue weighted by Crippen LogP contribution is 2.20. The number of carbonyl (C=O) groups excluding carboxylic acids is 2. The molecule has 0 unspecified atom stereocenters. The molecule has 6 nitrogen and oxygen atoms in total. The minimum Gasteiger partial charge on any atom is -0.392 e. The quantitative estimate of drug-likeness (QED) is 0.756. The summed E-state index contributed by atoms with van der Waals surface area (Å²) in [5.74, 6) is -0.221. The van der Waals surface area contributed by atoms with Gasteiger partial charge in [0.1, 0.15) is 0 Å². The lowest BCUT2D eigenvalue weighted by Gasteiger charge is -2.29. The van der Waals surface area contributed by atoms with Crippen LogP contribution in [0, 0.1) is 0 Å². The number of β-amino-alcohol motifs (C(OH)–C–C–N with tert-alkyl or cyclic N) is 1. The van der Waals surface area contributed by atoms with Gasteiger partial charge >= 0.3 is 0 Å². The Kier molecular flexibility index (Phi) is 4.93. The highest BCUT2D eigenvalue weighted by atomic mass is 16.3. The maximum absolute atomic E-state index is 12.1. The zero-order valence-electron chi connectivity index (χ0n) is 13.1. The average Bonchev–Trinajstić information content (AvgIpc) is 3.31. The predicted molar refractivity (Wildman–Crippen MR) is 87.2 cm³/mol. The minimum atomic E-state index is -0.342. The van der Waals surface area contributed by atoms with Gasteiger partial charge in [-0.2, -0.15) is 0 Å². The summed E-state index contributed by atoms with van der Waals surface area (Å²) in [5, 5.41) is 15.4. The topological polar surface area (TPSA) is 81.7 Å². The first-order chi connectivity index (χ1) is 11.1. The molecule has 3 N–H and O–H groups in total. The third-order valence-corrected chi connectivity index (χ3v) is 4.17. The van der Waals surface area contributed by atoms with Crippen LogP contribution in [0.15, 0.2) is 24.3 Å². The Morgan fingerprint density at radius 1 is 1.26 bits per heavy atom. The molecule has 1 heterocycles. The van der Waals surface area contributed by atoms with Gasteiger partial charge in [0, 0.05) is 23.8 Å². The number of amides is 2. The number of rotatable bonds is 5. The SMILES string of the molecule is O=C(CN1CCC[C@@H](O)C1)Nc1cccc(C(=O)NC2CC2)c1. The summed E-state index contributed by atoms with van der Waals surface area (Å²) in [4.78, 5) is 26.1. The van der Waals surface area contributed by atoms with Gasteiger partial charge in [0.25, 0.3) is 5.91 Å². The van der Waals surface area contributed by atoms with Crippen molar-refractivity contribution in [2.45, 2.75) is 37.8 Å². The third kappa shape index (κ3) is 4.77. The van der Waals surface area contributed by atoms with E-state index in [4.69, 9.17) is 0 Å². The summed E-state index contributed by atoms with van der Waals surface area (Å²) in [5.41, 5.74) is 1.18. The molecule has 6 heteroatoms. The summed E-state index contributed by atoms with van der Waals surface area (Å²) < 4.78 is 0. The van der Waals surface area contributed by atoms with E-state index in [1.807, 2.05) is 4.90 Å². The van der Waals surface area contributed by atoms with Crippen LogP contribution < -0.4 is 10.6 Å². The van der Waals surface area contributed by atoms with Gasteiger partial charge in [0.05, 0.1) is 12.6 Å². The van der Waals surface area contributed by atoms with E-state index in [-0.39, 0.29) is 24.5 Å². The van der Waals surface area contributed by atoms with Crippen LogP contribution >= 0.6 is 0 Å². The number of anilines is 1. The van der Waals surface area contributed by atoms with Gasteiger partial charge in [-0.05, 0) is 50.4 Å². The second-order valence-corrected chi connectivity index (χ2v) is 6.41. The monoisotopic (exact) mass is 317 g/mol. The lowest BCUT2D eigenvalue weighted by molar-refractivity contribution is -0.118. The zero-order valence-corrected chi connectivity index (χ0v) is 13.1. The first kappa shape index (κ1) is 16.0. The molecule has 2 amide bonds. The molecule has 1 saturated carbocycles. The fourth-order valence-electron chi connectivity index (χ4n) is 2.81. The fraction of sp³-hybridized carbons (Fsp3) is 0.529. The van der Waals surface area contributed by atoms with Crippen molar-refractivity contribution in [1.29, 1.82) is 0 Å². The molecule has 1 aliphatic carbocycles. The number of piperidine rings is 1. The van der Waals surface area contributed by atoms with E-state index in [9.17, 15) is 14.7 Å². The number of nitrogens with one attached hydrogen (secondary N) is 2. The maximum atomic E-state index is 12.1. The number of aliphatic hydroxyl groups is 1. The zero-order chi connectivity index (χ0) is 16.2. The molecule has 0 aromatic heterocycles. The van der Waals surface area contributed by atoms with E-state index < -0.39 is 0 Å². The molecular weight excluding hydrogens is 294 g/mol. The predicted octanol–water partition coefficient (Wildman–Crippen LogP) is 0.974. The molecule has 3 rings (SSSR count). The van der Waals surface area contributed by atoms with Crippen molar-refractivity contribution in [3.05, 3.63) is 29.8 Å². The molecule has 0 bridgehead atoms. The first-order valence-electron chi connectivity index (χ1n) is 8.21. The van der Waals surface area contributed by atoms with Crippen LogP contribution in [0.5, 0.6) is 0 Å². The molecule has 23 heavy (non-hydrogen) atoms. The smallest absolute Gasteiger partial charge is 0.251 e. The molecule has 1 saturated heterocycles. The highest BCUT2D eigenvalue weighted by molar-refractivity contribution is 5.97. The molecule has 1 aromatic carbocycles. The molecule has 1 atom stereocenters. The number of carbonyl (C=O) groups is 2. The standard InChI is InChI=1S/C17H23N3O3/c21-15-5-2-8-20(10-15)11-16(22)18-14-4-1-3-12(9-14)17(23)19-13-6-7-13/h1,3-4,9,13,15,21H,2,5-8,10-11H2,(H,18,22)(H,19,23)/t15-/m1/s1. The Balaban J connectivity index is 1.54. The number of nitrogens with zero attached hydrogens (tertiary/aromatic N) is 1. The fourth-order valence-corrected chi connectivity index (χ4v) is 2.81. The molecule has 1 aliphatic heterocycles. The average molecular weight is 317 g/mol. The molecule has 0 radical (unpaired) electrons. The van der Waals surface area contributed by atoms with Crippen molar-refractivity contribution >= 4 is 17.5 Å². The van der Waals surface area contributed by atoms with Crippen molar-refractivity contribution in [3.63, 3.8) is 0 Å². The van der Waals surface area contributed by atoms with Crippen molar-refractivity contribution in [1.82, 2.24) is 10.2 Å². The van der Waals surface area contributed by atoms with Gasteiger partial charge in [0.2, 0.25) is 5.91 Å². The van der Waals surface area contributed by atoms with E-state index in [0.29, 0.717) is 23.8 Å². The van der Waals surface area contributed by atoms with Crippen LogP contribution in [0.3, 0.4) is 0 Å². The van der Waals surface area contributed by atoms with Gasteiger partial charge in [-0.25, -0.2) is 0 Å². The molecule has 0 spiro atoms. The lowest BCUT2D eigenvalue weighted by Crippen LogP contribution is -2.42. The Hall–Kier alpha value is -1.92. The van der Waals surface area contributed by atoms with Crippen molar-refractivity contribution < 1.29 is 14.7 Å². The first-order valence-corrected chi connectivity index (χ1v) is 8.21. The van der Waals surface area contributed by atoms with Crippen molar-refractivity contribution in [3.8, 4) is 0 Å². The lowest BCUT2D eigenvalue weighted by atomic mass is 10.1. The molecule has 1 aromatic rings. The largest absolute Gasteiger partial charge is 0.392 e. The second kappa shape index (κ2) is 7.10. The Morgan fingerprint density at radius 3 is 2.83 bits per heavy atom. The van der Waals surface area contributed by atoms with Gasteiger partial charge in [0.15, 0.2) is 0 Å². The third-order valence-electron chi connectivity index (χ3n) is 4.17. The van der Waals surface area contributed by atoms with Gasteiger partial charge in [-0.1, -0.05) is 6.07 Å². The van der Waals surface area contributed by atoms with Crippen LogP contribution in [0.4, 0.5) is 5.69 Å². The maximum Gasteiger partial charge on any atom is 0.251 e. The van der Waals surface area contributed by atoms with Crippen LogP contribution in [0.25, 0.3) is 0 Å². The summed E-state index contributed by atoms with van der Waals surface area (Å²) >= 11 is 0. The molecule has 2 aliphatic rings. The molecule has 2 fully saturated rings. The van der Waals surface area contributed by atoms with E-state index in [1.165, 1.54) is 0 Å². The second-order valence-electron chi connectivity index (χ2n) is 6.41. The van der Waals surface area contributed by atoms with Crippen molar-refractivity contribution in [2.24, 2.45) is 0 Å². The summed E-state index contributed by atoms with van der Waals surface area (Å²) in [6, 6.07) is 7.29. The normalized spacial score (nSPS) is 21.7. The van der Waals surface area contributed by atoms with Crippen LogP contribution in [0.2, 0.25) is 0 Å². The van der Waals surface area contributed by atoms with E-state index >= 15 is 0 Å². The van der Waals surface area contributed by atoms with Gasteiger partial charge in [-0.15, -0.1) is 0 Å².